The lowest BCUT2D eigenvalue weighted by molar-refractivity contribution is -0.191. The van der Waals surface area contributed by atoms with Crippen LogP contribution in [0.2, 0.25) is 0 Å². The molecule has 3 rings (SSSR count). The van der Waals surface area contributed by atoms with Crippen molar-refractivity contribution in [2.75, 3.05) is 6.54 Å². The van der Waals surface area contributed by atoms with Crippen LogP contribution in [-0.2, 0) is 11.2 Å². The maximum Gasteiger partial charge on any atom is 0.409 e. The number of hydrazine groups is 1. The minimum atomic E-state index is -4.50. The Morgan fingerprint density at radius 1 is 1.24 bits per heavy atom. The first-order valence-corrected chi connectivity index (χ1v) is 8.29. The first kappa shape index (κ1) is 17.7. The highest BCUT2D eigenvalue weighted by atomic mass is 19.4. The van der Waals surface area contributed by atoms with Gasteiger partial charge in [0.1, 0.15) is 6.04 Å². The van der Waals surface area contributed by atoms with E-state index in [1.54, 1.807) is 26.0 Å². The number of hydrogen-bond donors (Lipinski definition) is 1. The Morgan fingerprint density at radius 2 is 1.96 bits per heavy atom. The number of carbonyl (C=O) groups excluding carboxylic acids is 1. The Balaban J connectivity index is 2.06. The molecular weight excluding hydrogens is 329 g/mol. The minimum Gasteiger partial charge on any atom is -0.287 e. The van der Waals surface area contributed by atoms with Crippen molar-refractivity contribution in [3.05, 3.63) is 47.5 Å². The predicted octanol–water partition coefficient (Wildman–Crippen LogP) is 4.38. The topological polar surface area (TPSA) is 32.3 Å². The van der Waals surface area contributed by atoms with Gasteiger partial charge in [-0.05, 0) is 48.2 Å². The second-order valence-corrected chi connectivity index (χ2v) is 7.15. The summed E-state index contributed by atoms with van der Waals surface area (Å²) in [4.78, 5) is 11.9. The summed E-state index contributed by atoms with van der Waals surface area (Å²) in [5, 5.41) is 2.74. The van der Waals surface area contributed by atoms with Gasteiger partial charge in [0.2, 0.25) is 5.91 Å². The lowest BCUT2D eigenvalue weighted by atomic mass is 9.93. The fraction of sp³-hybridized carbons (Fsp3) is 0.421. The molecule has 0 saturated carbocycles. The van der Waals surface area contributed by atoms with Gasteiger partial charge in [0.15, 0.2) is 0 Å². The van der Waals surface area contributed by atoms with E-state index in [9.17, 15) is 18.0 Å². The molecule has 1 fully saturated rings. The molecule has 0 unspecified atom stereocenters. The normalized spacial score (nSPS) is 19.2. The second-order valence-electron chi connectivity index (χ2n) is 7.15. The monoisotopic (exact) mass is 350 g/mol. The van der Waals surface area contributed by atoms with E-state index in [1.807, 2.05) is 25.1 Å². The van der Waals surface area contributed by atoms with Crippen LogP contribution >= 0.6 is 0 Å². The fourth-order valence-corrected chi connectivity index (χ4v) is 3.37. The molecule has 6 heteroatoms. The molecule has 25 heavy (non-hydrogen) atoms. The number of carbonyl (C=O) groups is 1. The molecule has 0 spiro atoms. The summed E-state index contributed by atoms with van der Waals surface area (Å²) in [7, 11) is 0. The van der Waals surface area contributed by atoms with Crippen LogP contribution in [0.1, 0.15) is 37.9 Å². The lowest BCUT2D eigenvalue weighted by Crippen LogP contribution is -2.43. The van der Waals surface area contributed by atoms with Crippen molar-refractivity contribution in [3.63, 3.8) is 0 Å². The Hall–Kier alpha value is -2.08. The molecule has 0 aliphatic carbocycles. The van der Waals surface area contributed by atoms with E-state index in [4.69, 9.17) is 0 Å². The number of hydrogen-bond acceptors (Lipinski definition) is 2. The van der Waals surface area contributed by atoms with Gasteiger partial charge in [-0.2, -0.15) is 13.2 Å². The van der Waals surface area contributed by atoms with E-state index >= 15 is 0 Å². The van der Waals surface area contributed by atoms with Crippen molar-refractivity contribution in [2.45, 2.75) is 39.4 Å². The van der Waals surface area contributed by atoms with Crippen LogP contribution in [0.25, 0.3) is 10.8 Å². The van der Waals surface area contributed by atoms with Gasteiger partial charge in [-0.15, -0.1) is 0 Å². The number of fused-ring (bicyclic) bond motifs is 1. The number of rotatable bonds is 3. The van der Waals surface area contributed by atoms with E-state index in [0.717, 1.165) is 27.8 Å². The maximum atomic E-state index is 13.8. The second kappa shape index (κ2) is 6.02. The first-order valence-electron chi connectivity index (χ1n) is 8.29. The Labute approximate surface area is 144 Å². The summed E-state index contributed by atoms with van der Waals surface area (Å²) in [6, 6.07) is 8.61. The summed E-state index contributed by atoms with van der Waals surface area (Å²) < 4.78 is 41.4. The zero-order valence-electron chi connectivity index (χ0n) is 14.4. The van der Waals surface area contributed by atoms with Crippen molar-refractivity contribution in [1.29, 1.82) is 0 Å². The average molecular weight is 350 g/mol. The summed E-state index contributed by atoms with van der Waals surface area (Å²) in [6.07, 6.45) is -3.68. The van der Waals surface area contributed by atoms with Crippen LogP contribution in [0.5, 0.6) is 0 Å². The van der Waals surface area contributed by atoms with Gasteiger partial charge in [-0.1, -0.05) is 37.3 Å². The smallest absolute Gasteiger partial charge is 0.287 e. The highest BCUT2D eigenvalue weighted by Crippen LogP contribution is 2.41. The van der Waals surface area contributed by atoms with Gasteiger partial charge in [-0.3, -0.25) is 10.2 Å². The van der Waals surface area contributed by atoms with Crippen LogP contribution in [0.4, 0.5) is 13.2 Å². The zero-order chi connectivity index (χ0) is 18.4. The van der Waals surface area contributed by atoms with Gasteiger partial charge >= 0.3 is 6.18 Å². The van der Waals surface area contributed by atoms with E-state index in [0.29, 0.717) is 0 Å². The molecule has 2 aromatic rings. The molecule has 1 N–H and O–H groups in total. The molecule has 1 aliphatic rings. The van der Waals surface area contributed by atoms with Crippen molar-refractivity contribution in [1.82, 2.24) is 10.4 Å². The molecule has 1 aliphatic heterocycles. The summed E-state index contributed by atoms with van der Waals surface area (Å²) >= 11 is 0. The quantitative estimate of drug-likeness (QED) is 0.891. The third kappa shape index (κ3) is 3.23. The number of alkyl halides is 3. The Kier molecular flexibility index (Phi) is 4.27. The molecule has 1 saturated heterocycles. The highest BCUT2D eigenvalue weighted by molar-refractivity contribution is 5.86. The molecule has 2 aromatic carbocycles. The molecule has 0 bridgehead atoms. The maximum absolute atomic E-state index is 13.8. The number of aryl methyl sites for hydroxylation is 1. The fourth-order valence-electron chi connectivity index (χ4n) is 3.37. The zero-order valence-corrected chi connectivity index (χ0v) is 14.4. The largest absolute Gasteiger partial charge is 0.409 e. The molecule has 1 amide bonds. The molecule has 0 radical (unpaired) electrons. The van der Waals surface area contributed by atoms with Crippen molar-refractivity contribution >= 4 is 16.7 Å². The Morgan fingerprint density at radius 3 is 2.52 bits per heavy atom. The number of benzene rings is 2. The van der Waals surface area contributed by atoms with E-state index < -0.39 is 23.5 Å². The van der Waals surface area contributed by atoms with Gasteiger partial charge < -0.3 is 0 Å². The first-order chi connectivity index (χ1) is 11.6. The van der Waals surface area contributed by atoms with Gasteiger partial charge in [0, 0.05) is 6.54 Å². The van der Waals surface area contributed by atoms with Crippen molar-refractivity contribution in [2.24, 2.45) is 5.41 Å². The van der Waals surface area contributed by atoms with Crippen LogP contribution < -0.4 is 5.43 Å². The molecule has 1 heterocycles. The number of nitrogens with zero attached hydrogens (tertiary/aromatic N) is 1. The van der Waals surface area contributed by atoms with Crippen LogP contribution in [0, 0.1) is 5.41 Å². The molecular formula is C19H21F3N2O. The molecule has 3 nitrogen and oxygen atoms in total. The number of halogens is 3. The number of amides is 1. The summed E-state index contributed by atoms with van der Waals surface area (Å²) in [6.45, 7) is 5.31. The molecule has 1 atom stereocenters. The van der Waals surface area contributed by atoms with E-state index in [1.165, 1.54) is 6.07 Å². The number of nitrogens with one attached hydrogen (secondary N) is 1. The highest BCUT2D eigenvalue weighted by Gasteiger charge is 2.51. The Bertz CT molecular complexity index is 814. The van der Waals surface area contributed by atoms with Crippen molar-refractivity contribution < 1.29 is 18.0 Å². The third-order valence-corrected chi connectivity index (χ3v) is 4.74. The van der Waals surface area contributed by atoms with E-state index in [-0.39, 0.29) is 12.1 Å². The predicted molar refractivity (Wildman–Crippen MR) is 90.8 cm³/mol. The minimum absolute atomic E-state index is 0.00302. The van der Waals surface area contributed by atoms with Gasteiger partial charge in [-0.25, -0.2) is 5.01 Å². The van der Waals surface area contributed by atoms with Gasteiger partial charge in [0.25, 0.3) is 0 Å². The SMILES string of the molecule is CCc1cccc2cc([C@H](N3CC(C)(C)C(=O)N3)C(F)(F)F)ccc12. The van der Waals surface area contributed by atoms with Crippen LogP contribution in [0.15, 0.2) is 36.4 Å². The van der Waals surface area contributed by atoms with Crippen LogP contribution in [0.3, 0.4) is 0 Å². The average Bonchev–Trinajstić information content (AvgIpc) is 2.78. The van der Waals surface area contributed by atoms with Crippen LogP contribution in [-0.4, -0.2) is 23.6 Å². The van der Waals surface area contributed by atoms with Gasteiger partial charge in [0.05, 0.1) is 5.41 Å². The molecule has 134 valence electrons. The summed E-state index contributed by atoms with van der Waals surface area (Å²) in [5.74, 6) is -0.393. The van der Waals surface area contributed by atoms with E-state index in [2.05, 4.69) is 5.43 Å². The molecule has 0 aromatic heterocycles. The summed E-state index contributed by atoms with van der Waals surface area (Å²) in [5.41, 5.74) is 2.77. The standard InChI is InChI=1S/C19H21F3N2O/c1-4-12-6-5-7-13-10-14(8-9-15(12)13)16(19(20,21)22)24-11-18(2,3)17(25)23-24/h5-10,16H,4,11H2,1-3H3,(H,23,25)/t16-/m0/s1. The lowest BCUT2D eigenvalue weighted by Gasteiger charge is -2.30. The van der Waals surface area contributed by atoms with Crippen molar-refractivity contribution in [3.8, 4) is 0 Å². The third-order valence-electron chi connectivity index (χ3n) is 4.74.